The number of benzene rings is 1. The van der Waals surface area contributed by atoms with E-state index in [0.717, 1.165) is 18.0 Å². The molecule has 0 saturated carbocycles. The molecule has 0 radical (unpaired) electrons. The third-order valence-electron chi connectivity index (χ3n) is 3.85. The summed E-state index contributed by atoms with van der Waals surface area (Å²) < 4.78 is 0. The zero-order valence-electron chi connectivity index (χ0n) is 11.9. The maximum atomic E-state index is 5.95. The molecule has 1 atom stereocenters. The van der Waals surface area contributed by atoms with E-state index in [9.17, 15) is 0 Å². The predicted octanol–water partition coefficient (Wildman–Crippen LogP) is 4.69. The monoisotopic (exact) mass is 267 g/mol. The number of unbranched alkanes of at least 4 members (excludes halogenated alkanes) is 1. The molecule has 1 rings (SSSR count). The molecule has 0 aliphatic carbocycles. The summed E-state index contributed by atoms with van der Waals surface area (Å²) in [4.78, 5) is 0. The highest BCUT2D eigenvalue weighted by molar-refractivity contribution is 6.30. The van der Waals surface area contributed by atoms with Gasteiger partial charge in [0.1, 0.15) is 0 Å². The molecule has 0 spiro atoms. The third-order valence-corrected chi connectivity index (χ3v) is 4.11. The fraction of sp³-hybridized carbons (Fsp3) is 0.625. The van der Waals surface area contributed by atoms with Crippen LogP contribution in [0.4, 0.5) is 0 Å². The van der Waals surface area contributed by atoms with Crippen LogP contribution in [-0.4, -0.2) is 13.6 Å². The van der Waals surface area contributed by atoms with Gasteiger partial charge in [-0.05, 0) is 49.4 Å². The van der Waals surface area contributed by atoms with Crippen LogP contribution in [0.3, 0.4) is 0 Å². The van der Waals surface area contributed by atoms with Gasteiger partial charge in [0.05, 0.1) is 0 Å². The van der Waals surface area contributed by atoms with Crippen LogP contribution in [0.5, 0.6) is 0 Å². The van der Waals surface area contributed by atoms with Gasteiger partial charge in [-0.15, -0.1) is 0 Å². The van der Waals surface area contributed by atoms with Crippen LogP contribution in [0.25, 0.3) is 0 Å². The SMILES string of the molecule is CCCCC(CC)(CNC)Cc1ccc(Cl)cc1. The molecule has 0 aliphatic rings. The Bertz CT molecular complexity index is 333. The maximum absolute atomic E-state index is 5.95. The lowest BCUT2D eigenvalue weighted by Gasteiger charge is -2.33. The van der Waals surface area contributed by atoms with E-state index in [1.165, 1.54) is 31.2 Å². The van der Waals surface area contributed by atoms with Crippen LogP contribution in [0.15, 0.2) is 24.3 Å². The summed E-state index contributed by atoms with van der Waals surface area (Å²) in [7, 11) is 2.05. The molecule has 0 aromatic heterocycles. The first-order valence-electron chi connectivity index (χ1n) is 7.05. The Labute approximate surface area is 117 Å². The van der Waals surface area contributed by atoms with Crippen molar-refractivity contribution in [2.45, 2.75) is 46.0 Å². The highest BCUT2D eigenvalue weighted by Gasteiger charge is 2.27. The van der Waals surface area contributed by atoms with Crippen LogP contribution in [0.2, 0.25) is 5.02 Å². The lowest BCUT2D eigenvalue weighted by atomic mass is 9.75. The van der Waals surface area contributed by atoms with Crippen molar-refractivity contribution in [2.75, 3.05) is 13.6 Å². The predicted molar refractivity (Wildman–Crippen MR) is 81.3 cm³/mol. The second kappa shape index (κ2) is 7.81. The molecule has 0 amide bonds. The minimum atomic E-state index is 0.387. The van der Waals surface area contributed by atoms with E-state index in [1.807, 2.05) is 12.1 Å². The zero-order chi connectivity index (χ0) is 13.4. The normalized spacial score (nSPS) is 14.4. The summed E-state index contributed by atoms with van der Waals surface area (Å²) in [6.07, 6.45) is 6.23. The molecule has 1 aromatic carbocycles. The van der Waals surface area contributed by atoms with Gasteiger partial charge >= 0.3 is 0 Å². The number of nitrogens with one attached hydrogen (secondary N) is 1. The van der Waals surface area contributed by atoms with E-state index in [0.29, 0.717) is 5.41 Å². The zero-order valence-corrected chi connectivity index (χ0v) is 12.7. The maximum Gasteiger partial charge on any atom is 0.0406 e. The lowest BCUT2D eigenvalue weighted by molar-refractivity contribution is 0.235. The molecule has 1 nitrogen and oxygen atoms in total. The quantitative estimate of drug-likeness (QED) is 0.721. The van der Waals surface area contributed by atoms with E-state index in [2.05, 4.69) is 38.3 Å². The molecule has 1 unspecified atom stereocenters. The Morgan fingerprint density at radius 1 is 1.17 bits per heavy atom. The van der Waals surface area contributed by atoms with Crippen molar-refractivity contribution < 1.29 is 0 Å². The summed E-state index contributed by atoms with van der Waals surface area (Å²) >= 11 is 5.95. The molecule has 0 aliphatic heterocycles. The third kappa shape index (κ3) is 4.62. The second-order valence-electron chi connectivity index (χ2n) is 5.29. The minimum absolute atomic E-state index is 0.387. The van der Waals surface area contributed by atoms with Gasteiger partial charge in [-0.25, -0.2) is 0 Å². The Morgan fingerprint density at radius 3 is 2.33 bits per heavy atom. The Morgan fingerprint density at radius 2 is 1.83 bits per heavy atom. The summed E-state index contributed by atoms with van der Waals surface area (Å²) in [5.74, 6) is 0. The summed E-state index contributed by atoms with van der Waals surface area (Å²) in [5.41, 5.74) is 1.78. The van der Waals surface area contributed by atoms with E-state index >= 15 is 0 Å². The van der Waals surface area contributed by atoms with Crippen LogP contribution in [0.1, 0.15) is 45.1 Å². The van der Waals surface area contributed by atoms with Crippen LogP contribution in [-0.2, 0) is 6.42 Å². The molecule has 2 heteroatoms. The van der Waals surface area contributed by atoms with E-state index < -0.39 is 0 Å². The molecule has 0 fully saturated rings. The first kappa shape index (κ1) is 15.5. The topological polar surface area (TPSA) is 12.0 Å². The van der Waals surface area contributed by atoms with E-state index in [-0.39, 0.29) is 0 Å². The molecule has 1 aromatic rings. The van der Waals surface area contributed by atoms with Crippen molar-refractivity contribution in [2.24, 2.45) is 5.41 Å². The van der Waals surface area contributed by atoms with Gasteiger partial charge < -0.3 is 5.32 Å². The van der Waals surface area contributed by atoms with Crippen molar-refractivity contribution in [1.82, 2.24) is 5.32 Å². The second-order valence-corrected chi connectivity index (χ2v) is 5.73. The highest BCUT2D eigenvalue weighted by Crippen LogP contribution is 2.32. The van der Waals surface area contributed by atoms with Gasteiger partial charge in [-0.1, -0.05) is 50.4 Å². The number of hydrogen-bond acceptors (Lipinski definition) is 1. The minimum Gasteiger partial charge on any atom is -0.319 e. The van der Waals surface area contributed by atoms with Crippen molar-refractivity contribution in [3.05, 3.63) is 34.9 Å². The number of rotatable bonds is 8. The van der Waals surface area contributed by atoms with Gasteiger partial charge in [0.15, 0.2) is 0 Å². The Hall–Kier alpha value is -0.530. The first-order valence-corrected chi connectivity index (χ1v) is 7.42. The van der Waals surface area contributed by atoms with Gasteiger partial charge in [0, 0.05) is 11.6 Å². The first-order chi connectivity index (χ1) is 8.65. The molecule has 1 N–H and O–H groups in total. The fourth-order valence-corrected chi connectivity index (χ4v) is 2.75. The summed E-state index contributed by atoms with van der Waals surface area (Å²) in [5, 5.41) is 4.20. The lowest BCUT2D eigenvalue weighted by Crippen LogP contribution is -2.34. The van der Waals surface area contributed by atoms with Crippen LogP contribution < -0.4 is 5.32 Å². The van der Waals surface area contributed by atoms with Crippen molar-refractivity contribution in [3.63, 3.8) is 0 Å². The smallest absolute Gasteiger partial charge is 0.0406 e. The van der Waals surface area contributed by atoms with Crippen molar-refractivity contribution >= 4 is 11.6 Å². The van der Waals surface area contributed by atoms with Crippen LogP contribution in [0, 0.1) is 5.41 Å². The average molecular weight is 268 g/mol. The standard InChI is InChI=1S/C16H26ClN/c1-4-6-11-16(5-2,13-18-3)12-14-7-9-15(17)10-8-14/h7-10,18H,4-6,11-13H2,1-3H3. The van der Waals surface area contributed by atoms with Gasteiger partial charge in [-0.2, -0.15) is 0 Å². The number of halogens is 1. The van der Waals surface area contributed by atoms with Gasteiger partial charge in [0.2, 0.25) is 0 Å². The summed E-state index contributed by atoms with van der Waals surface area (Å²) in [6.45, 7) is 5.66. The average Bonchev–Trinajstić information content (AvgIpc) is 2.39. The van der Waals surface area contributed by atoms with Crippen molar-refractivity contribution in [1.29, 1.82) is 0 Å². The molecule has 0 heterocycles. The molecular formula is C16H26ClN. The number of hydrogen-bond donors (Lipinski definition) is 1. The summed E-state index contributed by atoms with van der Waals surface area (Å²) in [6, 6.07) is 8.32. The molecule has 18 heavy (non-hydrogen) atoms. The Balaban J connectivity index is 2.78. The van der Waals surface area contributed by atoms with Gasteiger partial charge in [-0.3, -0.25) is 0 Å². The Kier molecular flexibility index (Phi) is 6.73. The highest BCUT2D eigenvalue weighted by atomic mass is 35.5. The van der Waals surface area contributed by atoms with E-state index in [1.54, 1.807) is 0 Å². The molecule has 0 saturated heterocycles. The fourth-order valence-electron chi connectivity index (χ4n) is 2.63. The van der Waals surface area contributed by atoms with Crippen LogP contribution >= 0.6 is 11.6 Å². The largest absolute Gasteiger partial charge is 0.319 e. The molecular weight excluding hydrogens is 242 g/mol. The van der Waals surface area contributed by atoms with E-state index in [4.69, 9.17) is 11.6 Å². The molecule has 0 bridgehead atoms. The molecule has 102 valence electrons. The van der Waals surface area contributed by atoms with Gasteiger partial charge in [0.25, 0.3) is 0 Å². The van der Waals surface area contributed by atoms with Crippen molar-refractivity contribution in [3.8, 4) is 0 Å².